The lowest BCUT2D eigenvalue weighted by atomic mass is 10.1. The van der Waals surface area contributed by atoms with E-state index in [2.05, 4.69) is 10.6 Å². The van der Waals surface area contributed by atoms with Gasteiger partial charge in [-0.3, -0.25) is 4.79 Å². The Bertz CT molecular complexity index is 719. The highest BCUT2D eigenvalue weighted by atomic mass is 16.4. The molecule has 0 saturated heterocycles. The van der Waals surface area contributed by atoms with Crippen LogP contribution in [0.3, 0.4) is 0 Å². The molecule has 120 valence electrons. The van der Waals surface area contributed by atoms with Crippen LogP contribution < -0.4 is 10.6 Å². The van der Waals surface area contributed by atoms with Crippen LogP contribution in [-0.4, -0.2) is 32.4 Å². The van der Waals surface area contributed by atoms with Crippen molar-refractivity contribution < 1.29 is 30.0 Å². The molecule has 0 heterocycles. The normalized spacial score (nSPS) is 10.1. The number of carbonyl (C=O) groups excluding carboxylic acids is 1. The van der Waals surface area contributed by atoms with Gasteiger partial charge in [0.15, 0.2) is 17.2 Å². The average Bonchev–Trinajstić information content (AvgIpc) is 2.46. The van der Waals surface area contributed by atoms with Crippen molar-refractivity contribution in [2.45, 2.75) is 6.42 Å². The van der Waals surface area contributed by atoms with E-state index >= 15 is 0 Å². The summed E-state index contributed by atoms with van der Waals surface area (Å²) in [4.78, 5) is 22.4. The van der Waals surface area contributed by atoms with Gasteiger partial charge in [-0.15, -0.1) is 0 Å². The second-order valence-corrected chi connectivity index (χ2v) is 4.71. The molecule has 2 aromatic carbocycles. The minimum absolute atomic E-state index is 0.0813. The summed E-state index contributed by atoms with van der Waals surface area (Å²) < 4.78 is 0. The zero-order chi connectivity index (χ0) is 17.0. The maximum Gasteiger partial charge on any atom is 0.323 e. The molecule has 2 amide bonds. The fourth-order valence-corrected chi connectivity index (χ4v) is 1.85. The van der Waals surface area contributed by atoms with Crippen molar-refractivity contribution in [2.24, 2.45) is 0 Å². The summed E-state index contributed by atoms with van der Waals surface area (Å²) in [5.74, 6) is -2.77. The highest BCUT2D eigenvalue weighted by molar-refractivity contribution is 6.00. The van der Waals surface area contributed by atoms with Crippen molar-refractivity contribution >= 4 is 23.4 Å². The summed E-state index contributed by atoms with van der Waals surface area (Å²) in [5, 5.41) is 41.5. The molecule has 0 fully saturated rings. The molecule has 0 bridgehead atoms. The molecule has 0 aliphatic carbocycles. The van der Waals surface area contributed by atoms with Gasteiger partial charge in [-0.05, 0) is 17.7 Å². The number of benzene rings is 2. The van der Waals surface area contributed by atoms with Gasteiger partial charge in [0, 0.05) is 17.8 Å². The maximum atomic E-state index is 11.8. The summed E-state index contributed by atoms with van der Waals surface area (Å²) in [5.41, 5.74) is 1.11. The van der Waals surface area contributed by atoms with E-state index in [0.29, 0.717) is 11.3 Å². The van der Waals surface area contributed by atoms with Gasteiger partial charge in [0.05, 0.1) is 12.1 Å². The Morgan fingerprint density at radius 1 is 0.870 bits per heavy atom. The molecular weight excluding hydrogens is 304 g/mol. The number of aromatic hydroxyl groups is 3. The van der Waals surface area contributed by atoms with E-state index in [1.165, 1.54) is 0 Å². The fourth-order valence-electron chi connectivity index (χ4n) is 1.85. The van der Waals surface area contributed by atoms with E-state index < -0.39 is 29.2 Å². The van der Waals surface area contributed by atoms with Crippen molar-refractivity contribution in [3.05, 3.63) is 42.0 Å². The summed E-state index contributed by atoms with van der Waals surface area (Å²) in [7, 11) is 0. The molecule has 8 nitrogen and oxygen atoms in total. The highest BCUT2D eigenvalue weighted by Crippen LogP contribution is 2.37. The number of urea groups is 1. The predicted octanol–water partition coefficient (Wildman–Crippen LogP) is 2.07. The van der Waals surface area contributed by atoms with E-state index in [1.807, 2.05) is 0 Å². The van der Waals surface area contributed by atoms with E-state index in [4.69, 9.17) is 5.11 Å². The van der Waals surface area contributed by atoms with E-state index in [9.17, 15) is 24.9 Å². The monoisotopic (exact) mass is 318 g/mol. The van der Waals surface area contributed by atoms with Gasteiger partial charge >= 0.3 is 12.0 Å². The number of carbonyl (C=O) groups is 2. The third-order valence-electron chi connectivity index (χ3n) is 2.89. The van der Waals surface area contributed by atoms with Gasteiger partial charge in [-0.25, -0.2) is 4.79 Å². The first-order valence-corrected chi connectivity index (χ1v) is 6.49. The minimum Gasteiger partial charge on any atom is -0.504 e. The Kier molecular flexibility index (Phi) is 4.55. The largest absolute Gasteiger partial charge is 0.504 e. The Labute approximate surface area is 130 Å². The molecule has 0 saturated carbocycles. The molecule has 2 aromatic rings. The van der Waals surface area contributed by atoms with Crippen LogP contribution in [0.4, 0.5) is 16.2 Å². The van der Waals surface area contributed by atoms with Gasteiger partial charge in [-0.2, -0.15) is 0 Å². The van der Waals surface area contributed by atoms with Crippen LogP contribution in [0, 0.1) is 0 Å². The van der Waals surface area contributed by atoms with Crippen molar-refractivity contribution in [1.82, 2.24) is 0 Å². The quantitative estimate of drug-likeness (QED) is 0.377. The molecule has 0 atom stereocenters. The number of aliphatic carboxylic acids is 1. The Morgan fingerprint density at radius 2 is 1.39 bits per heavy atom. The lowest BCUT2D eigenvalue weighted by molar-refractivity contribution is -0.136. The van der Waals surface area contributed by atoms with Gasteiger partial charge in [0.2, 0.25) is 0 Å². The Morgan fingerprint density at radius 3 is 1.91 bits per heavy atom. The zero-order valence-electron chi connectivity index (χ0n) is 11.8. The van der Waals surface area contributed by atoms with Crippen molar-refractivity contribution in [1.29, 1.82) is 0 Å². The molecule has 6 N–H and O–H groups in total. The van der Waals surface area contributed by atoms with E-state index in [0.717, 1.165) is 12.1 Å². The van der Waals surface area contributed by atoms with Crippen LogP contribution in [-0.2, 0) is 11.2 Å². The molecule has 8 heteroatoms. The Hall–Kier alpha value is -3.42. The van der Waals surface area contributed by atoms with E-state index in [-0.39, 0.29) is 12.1 Å². The fraction of sp³-hybridized carbons (Fsp3) is 0.0667. The molecule has 2 rings (SSSR count). The van der Waals surface area contributed by atoms with Crippen molar-refractivity contribution in [3.63, 3.8) is 0 Å². The summed E-state index contributed by atoms with van der Waals surface area (Å²) in [6.07, 6.45) is -0.113. The van der Waals surface area contributed by atoms with Crippen LogP contribution in [0.15, 0.2) is 36.4 Å². The third kappa shape index (κ3) is 4.27. The van der Waals surface area contributed by atoms with Gasteiger partial charge in [-0.1, -0.05) is 12.1 Å². The van der Waals surface area contributed by atoms with Gasteiger partial charge in [0.25, 0.3) is 0 Å². The number of anilines is 2. The maximum absolute atomic E-state index is 11.8. The third-order valence-corrected chi connectivity index (χ3v) is 2.89. The number of hydrogen-bond donors (Lipinski definition) is 6. The SMILES string of the molecule is O=C(O)Cc1ccc(NC(=O)Nc2cc(O)c(O)c(O)c2)cc1. The number of phenols is 3. The Balaban J connectivity index is 2.01. The first-order valence-electron chi connectivity index (χ1n) is 6.49. The summed E-state index contributed by atoms with van der Waals surface area (Å²) in [6.45, 7) is 0. The van der Waals surface area contributed by atoms with Gasteiger partial charge < -0.3 is 31.1 Å². The zero-order valence-corrected chi connectivity index (χ0v) is 11.8. The molecule has 0 radical (unpaired) electrons. The first kappa shape index (κ1) is 16.0. The number of carboxylic acid groups (broad SMARTS) is 1. The van der Waals surface area contributed by atoms with Crippen LogP contribution in [0.1, 0.15) is 5.56 Å². The number of nitrogens with one attached hydrogen (secondary N) is 2. The summed E-state index contributed by atoms with van der Waals surface area (Å²) in [6, 6.07) is 7.74. The topological polar surface area (TPSA) is 139 Å². The van der Waals surface area contributed by atoms with Crippen LogP contribution in [0.25, 0.3) is 0 Å². The second kappa shape index (κ2) is 6.56. The first-order chi connectivity index (χ1) is 10.8. The smallest absolute Gasteiger partial charge is 0.323 e. The number of amides is 2. The molecule has 0 aromatic heterocycles. The van der Waals surface area contributed by atoms with Crippen molar-refractivity contribution in [3.8, 4) is 17.2 Å². The van der Waals surface area contributed by atoms with Crippen LogP contribution in [0.2, 0.25) is 0 Å². The predicted molar refractivity (Wildman–Crippen MR) is 81.9 cm³/mol. The molecule has 0 aliphatic heterocycles. The van der Waals surface area contributed by atoms with Crippen LogP contribution >= 0.6 is 0 Å². The number of rotatable bonds is 4. The standard InChI is InChI=1S/C15H14N2O6/c18-11-6-10(7-12(19)14(11)22)17-15(23)16-9-3-1-8(2-4-9)5-13(20)21/h1-4,6-7,18-19,22H,5H2,(H,20,21)(H2,16,17,23). The molecular formula is C15H14N2O6. The molecule has 0 spiro atoms. The molecule has 0 aliphatic rings. The average molecular weight is 318 g/mol. The number of hydrogen-bond acceptors (Lipinski definition) is 5. The number of phenolic OH excluding ortho intramolecular Hbond substituents is 3. The molecule has 23 heavy (non-hydrogen) atoms. The lowest BCUT2D eigenvalue weighted by Gasteiger charge is -2.09. The second-order valence-electron chi connectivity index (χ2n) is 4.71. The van der Waals surface area contributed by atoms with E-state index in [1.54, 1.807) is 24.3 Å². The molecule has 0 unspecified atom stereocenters. The lowest BCUT2D eigenvalue weighted by Crippen LogP contribution is -2.19. The van der Waals surface area contributed by atoms with Gasteiger partial charge in [0.1, 0.15) is 0 Å². The highest BCUT2D eigenvalue weighted by Gasteiger charge is 2.10. The van der Waals surface area contributed by atoms with Crippen molar-refractivity contribution in [2.75, 3.05) is 10.6 Å². The van der Waals surface area contributed by atoms with Crippen LogP contribution in [0.5, 0.6) is 17.2 Å². The number of carboxylic acids is 1. The minimum atomic E-state index is -0.949. The summed E-state index contributed by atoms with van der Waals surface area (Å²) >= 11 is 0.